The maximum atomic E-state index is 13.6. The second-order valence-corrected chi connectivity index (χ2v) is 8.29. The van der Waals surface area contributed by atoms with Gasteiger partial charge in [-0.1, -0.05) is 43.2 Å². The minimum Gasteiger partial charge on any atom is -0.445 e. The van der Waals surface area contributed by atoms with E-state index in [9.17, 15) is 9.59 Å². The zero-order valence-corrected chi connectivity index (χ0v) is 16.3. The Bertz CT molecular complexity index is 770. The van der Waals surface area contributed by atoms with E-state index in [4.69, 9.17) is 10.5 Å². The summed E-state index contributed by atoms with van der Waals surface area (Å²) in [4.78, 5) is 24.7. The Labute approximate surface area is 155 Å². The molecule has 1 amide bonds. The molecule has 0 aromatic rings. The highest BCUT2D eigenvalue weighted by atomic mass is 16.5. The number of rotatable bonds is 3. The van der Waals surface area contributed by atoms with E-state index in [2.05, 4.69) is 45.9 Å². The summed E-state index contributed by atoms with van der Waals surface area (Å²) in [6.07, 6.45) is 8.93. The normalized spacial score (nSPS) is 36.6. The summed E-state index contributed by atoms with van der Waals surface area (Å²) in [6.45, 7) is 10.5. The number of ketones is 1. The molecule has 140 valence electrons. The van der Waals surface area contributed by atoms with Crippen molar-refractivity contribution in [1.29, 1.82) is 0 Å². The van der Waals surface area contributed by atoms with Gasteiger partial charge in [-0.2, -0.15) is 0 Å². The van der Waals surface area contributed by atoms with Crippen molar-refractivity contribution >= 4 is 11.9 Å². The Morgan fingerprint density at radius 3 is 2.73 bits per heavy atom. The van der Waals surface area contributed by atoms with Crippen LogP contribution in [0.1, 0.15) is 41.0 Å². The van der Waals surface area contributed by atoms with Crippen molar-refractivity contribution in [2.45, 2.75) is 41.0 Å². The van der Waals surface area contributed by atoms with Gasteiger partial charge >= 0.3 is 6.09 Å². The number of Topliss-reactive ketones (excluding diaryl/α,β-unsaturated/α-hetero) is 1. The molecule has 0 aromatic carbocycles. The summed E-state index contributed by atoms with van der Waals surface area (Å²) in [5, 5.41) is 0. The third-order valence-corrected chi connectivity index (χ3v) is 6.49. The number of nitrogens with two attached hydrogens (primary N) is 1. The van der Waals surface area contributed by atoms with Crippen LogP contribution in [0.15, 0.2) is 46.6 Å². The SMILES string of the molecule is C/C=C(\C)C1C(C)=CC2CC(C)C=C3C=C(COC(N)=O)C(=O)C1(C)C32. The predicted molar refractivity (Wildman–Crippen MR) is 102 cm³/mol. The number of primary amides is 1. The molecule has 0 spiro atoms. The molecule has 0 saturated heterocycles. The Kier molecular flexibility index (Phi) is 4.72. The number of hydrogen-bond donors (Lipinski definition) is 1. The van der Waals surface area contributed by atoms with Crippen LogP contribution in [-0.4, -0.2) is 18.5 Å². The monoisotopic (exact) mass is 355 g/mol. The van der Waals surface area contributed by atoms with E-state index in [1.807, 2.05) is 13.0 Å². The van der Waals surface area contributed by atoms with E-state index in [1.54, 1.807) is 0 Å². The van der Waals surface area contributed by atoms with Gasteiger partial charge in [0, 0.05) is 22.8 Å². The predicted octanol–water partition coefficient (Wildman–Crippen LogP) is 4.34. The van der Waals surface area contributed by atoms with Gasteiger partial charge in [0.25, 0.3) is 0 Å². The summed E-state index contributed by atoms with van der Waals surface area (Å²) in [5.74, 6) is 1.15. The Morgan fingerprint density at radius 1 is 1.42 bits per heavy atom. The average molecular weight is 355 g/mol. The van der Waals surface area contributed by atoms with Gasteiger partial charge in [0.1, 0.15) is 6.61 Å². The first-order valence-corrected chi connectivity index (χ1v) is 9.40. The average Bonchev–Trinajstić information content (AvgIpc) is 2.55. The molecule has 4 heteroatoms. The van der Waals surface area contributed by atoms with E-state index in [0.29, 0.717) is 17.4 Å². The summed E-state index contributed by atoms with van der Waals surface area (Å²) in [7, 11) is 0. The molecule has 0 aromatic heterocycles. The highest BCUT2D eigenvalue weighted by Gasteiger charge is 2.57. The zero-order valence-electron chi connectivity index (χ0n) is 16.3. The van der Waals surface area contributed by atoms with Gasteiger partial charge in [-0.15, -0.1) is 0 Å². The lowest BCUT2D eigenvalue weighted by Crippen LogP contribution is -2.53. The number of hydrogen-bond acceptors (Lipinski definition) is 3. The molecular formula is C22H29NO3. The van der Waals surface area contributed by atoms with Crippen LogP contribution in [-0.2, 0) is 9.53 Å². The largest absolute Gasteiger partial charge is 0.445 e. The van der Waals surface area contributed by atoms with E-state index in [-0.39, 0.29) is 24.2 Å². The van der Waals surface area contributed by atoms with Crippen molar-refractivity contribution in [3.8, 4) is 0 Å². The Morgan fingerprint density at radius 2 is 2.12 bits per heavy atom. The number of ether oxygens (including phenoxy) is 1. The molecule has 5 atom stereocenters. The number of allylic oxidation sites excluding steroid dienone is 7. The van der Waals surface area contributed by atoms with Crippen LogP contribution in [0.5, 0.6) is 0 Å². The standard InChI is InChI=1S/C22H29NO3/c1-6-13(3)18-14(4)9-15-7-12(2)8-16-10-17(11-26-21(23)25)20(24)22(18,5)19(15)16/h6,8-10,12,15,18-19H,7,11H2,1-5H3,(H2,23,25)/b13-6+. The lowest BCUT2D eigenvalue weighted by Gasteiger charge is -2.54. The maximum Gasteiger partial charge on any atom is 0.404 e. The molecule has 0 fully saturated rings. The fourth-order valence-electron chi connectivity index (χ4n) is 5.63. The van der Waals surface area contributed by atoms with Crippen LogP contribution in [0.4, 0.5) is 4.79 Å². The molecular weight excluding hydrogens is 326 g/mol. The number of carbonyl (C=O) groups is 2. The summed E-state index contributed by atoms with van der Waals surface area (Å²) in [5.41, 5.74) is 8.80. The lowest BCUT2D eigenvalue weighted by atomic mass is 9.48. The second-order valence-electron chi connectivity index (χ2n) is 8.29. The van der Waals surface area contributed by atoms with Gasteiger partial charge in [-0.3, -0.25) is 4.79 Å². The molecule has 3 rings (SSSR count). The second kappa shape index (κ2) is 6.57. The van der Waals surface area contributed by atoms with Crippen molar-refractivity contribution in [1.82, 2.24) is 0 Å². The maximum absolute atomic E-state index is 13.6. The molecule has 26 heavy (non-hydrogen) atoms. The summed E-state index contributed by atoms with van der Waals surface area (Å²) < 4.78 is 4.98. The smallest absolute Gasteiger partial charge is 0.404 e. The molecule has 0 radical (unpaired) electrons. The van der Waals surface area contributed by atoms with Crippen LogP contribution in [0.3, 0.4) is 0 Å². The minimum atomic E-state index is -0.851. The summed E-state index contributed by atoms with van der Waals surface area (Å²) >= 11 is 0. The van der Waals surface area contributed by atoms with Gasteiger partial charge in [0.05, 0.1) is 0 Å². The van der Waals surface area contributed by atoms with Gasteiger partial charge in [0.15, 0.2) is 5.78 Å². The molecule has 0 heterocycles. The first-order chi connectivity index (χ1) is 12.2. The van der Waals surface area contributed by atoms with Crippen LogP contribution in [0, 0.1) is 29.1 Å². The minimum absolute atomic E-state index is 0.0583. The van der Waals surface area contributed by atoms with Gasteiger partial charge < -0.3 is 10.5 Å². The van der Waals surface area contributed by atoms with Crippen molar-refractivity contribution in [2.24, 2.45) is 34.8 Å². The molecule has 3 aliphatic rings. The third-order valence-electron chi connectivity index (χ3n) is 6.49. The first-order valence-electron chi connectivity index (χ1n) is 9.40. The van der Waals surface area contributed by atoms with E-state index in [0.717, 1.165) is 6.42 Å². The van der Waals surface area contributed by atoms with Crippen LogP contribution >= 0.6 is 0 Å². The first kappa shape index (κ1) is 18.7. The van der Waals surface area contributed by atoms with E-state index >= 15 is 0 Å². The Hall–Kier alpha value is -2.10. The van der Waals surface area contributed by atoms with Crippen LogP contribution in [0.25, 0.3) is 0 Å². The van der Waals surface area contributed by atoms with Crippen LogP contribution < -0.4 is 5.73 Å². The molecule has 2 N–H and O–H groups in total. The van der Waals surface area contributed by atoms with Crippen molar-refractivity contribution in [3.05, 3.63) is 46.6 Å². The van der Waals surface area contributed by atoms with Gasteiger partial charge in [-0.25, -0.2) is 4.79 Å². The number of carbonyl (C=O) groups excluding carboxylic acids is 2. The molecule has 4 nitrogen and oxygen atoms in total. The van der Waals surface area contributed by atoms with E-state index < -0.39 is 11.5 Å². The molecule has 5 unspecified atom stereocenters. The topological polar surface area (TPSA) is 69.4 Å². The quantitative estimate of drug-likeness (QED) is 0.766. The highest BCUT2D eigenvalue weighted by Crippen LogP contribution is 2.59. The fraction of sp³-hybridized carbons (Fsp3) is 0.545. The fourth-order valence-corrected chi connectivity index (χ4v) is 5.63. The van der Waals surface area contributed by atoms with Crippen LogP contribution in [0.2, 0.25) is 0 Å². The molecule has 0 saturated carbocycles. The molecule has 0 bridgehead atoms. The third kappa shape index (κ3) is 2.76. The number of amides is 1. The van der Waals surface area contributed by atoms with Gasteiger partial charge in [-0.05, 0) is 50.7 Å². The highest BCUT2D eigenvalue weighted by molar-refractivity contribution is 6.03. The van der Waals surface area contributed by atoms with Crippen molar-refractivity contribution in [3.63, 3.8) is 0 Å². The molecule has 3 aliphatic carbocycles. The summed E-state index contributed by atoms with van der Waals surface area (Å²) in [6, 6.07) is 0. The Balaban J connectivity index is 2.17. The lowest BCUT2D eigenvalue weighted by molar-refractivity contribution is -0.131. The molecule has 0 aliphatic heterocycles. The van der Waals surface area contributed by atoms with Crippen molar-refractivity contribution in [2.75, 3.05) is 6.61 Å². The van der Waals surface area contributed by atoms with Crippen molar-refractivity contribution < 1.29 is 14.3 Å². The van der Waals surface area contributed by atoms with Gasteiger partial charge in [0.2, 0.25) is 0 Å². The zero-order chi connectivity index (χ0) is 19.2. The van der Waals surface area contributed by atoms with E-state index in [1.165, 1.54) is 16.7 Å².